The molecule has 3 rings (SSSR count). The molecule has 0 bridgehead atoms. The summed E-state index contributed by atoms with van der Waals surface area (Å²) < 4.78 is 6.88. The summed E-state index contributed by atoms with van der Waals surface area (Å²) in [6, 6.07) is 5.68. The van der Waals surface area contributed by atoms with E-state index in [0.29, 0.717) is 20.9 Å². The number of carbonyl (C=O) groups is 1. The first kappa shape index (κ1) is 24.5. The van der Waals surface area contributed by atoms with E-state index in [1.807, 2.05) is 39.2 Å². The van der Waals surface area contributed by atoms with Crippen LogP contribution in [0.3, 0.4) is 0 Å². The summed E-state index contributed by atoms with van der Waals surface area (Å²) in [5.74, 6) is 0.617. The lowest BCUT2D eigenvalue weighted by Gasteiger charge is -2.11. The fourth-order valence-electron chi connectivity index (χ4n) is 2.75. The van der Waals surface area contributed by atoms with Crippen LogP contribution in [-0.2, 0) is 4.79 Å². The minimum atomic E-state index is -0.220. The Hall–Kier alpha value is -3.15. The molecule has 2 N–H and O–H groups in total. The van der Waals surface area contributed by atoms with Gasteiger partial charge in [0.25, 0.3) is 5.56 Å². The quantitative estimate of drug-likeness (QED) is 0.357. The zero-order chi connectivity index (χ0) is 23.8. The second-order valence-corrected chi connectivity index (χ2v) is 9.62. The number of hydrogen-bond acceptors (Lipinski definition) is 9. The maximum Gasteiger partial charge on any atom is 0.266 e. The standard InChI is InChI=1S/C22H26N6O3S2/c1-14-10-16(31-9-5-8-28(3)4)6-7-18(14)27-24-13-20-26-21(30)19(33-20)11-17-12-23-22(32-17)25-15(2)29/h6-7,10-13H,5,8-9H2,1-4H3,(H,26,30)(H,23,25,29)/b19-11-,20-13-,27-24?. The molecule has 0 fully saturated rings. The molecule has 174 valence electrons. The molecular formula is C22H26N6O3S2. The van der Waals surface area contributed by atoms with E-state index >= 15 is 0 Å². The van der Waals surface area contributed by atoms with Crippen molar-refractivity contribution in [3.8, 4) is 5.75 Å². The average molecular weight is 487 g/mol. The van der Waals surface area contributed by atoms with E-state index in [1.165, 1.54) is 35.8 Å². The van der Waals surface area contributed by atoms with Crippen LogP contribution in [0.2, 0.25) is 0 Å². The Balaban J connectivity index is 1.67. The number of anilines is 1. The smallest absolute Gasteiger partial charge is 0.266 e. The van der Waals surface area contributed by atoms with Crippen molar-refractivity contribution in [2.75, 3.05) is 32.6 Å². The Morgan fingerprint density at radius 2 is 2.15 bits per heavy atom. The van der Waals surface area contributed by atoms with Gasteiger partial charge in [-0.25, -0.2) is 4.98 Å². The van der Waals surface area contributed by atoms with Crippen LogP contribution in [0, 0.1) is 6.92 Å². The van der Waals surface area contributed by atoms with Crippen molar-refractivity contribution < 1.29 is 9.53 Å². The summed E-state index contributed by atoms with van der Waals surface area (Å²) >= 11 is 2.56. The number of benzene rings is 1. The monoisotopic (exact) mass is 486 g/mol. The van der Waals surface area contributed by atoms with Gasteiger partial charge in [0.15, 0.2) is 5.13 Å². The summed E-state index contributed by atoms with van der Waals surface area (Å²) in [6.45, 7) is 5.01. The Morgan fingerprint density at radius 3 is 2.88 bits per heavy atom. The first-order valence-electron chi connectivity index (χ1n) is 10.2. The van der Waals surface area contributed by atoms with Crippen molar-refractivity contribution in [2.45, 2.75) is 20.3 Å². The Labute approximate surface area is 199 Å². The van der Waals surface area contributed by atoms with Gasteiger partial charge in [-0.3, -0.25) is 9.59 Å². The Kier molecular flexibility index (Phi) is 8.64. The second kappa shape index (κ2) is 11.6. The largest absolute Gasteiger partial charge is 0.494 e. The molecule has 11 heteroatoms. The van der Waals surface area contributed by atoms with Crippen LogP contribution in [0.4, 0.5) is 10.8 Å². The third kappa shape index (κ3) is 7.74. The van der Waals surface area contributed by atoms with Gasteiger partial charge in [0.1, 0.15) is 10.4 Å². The predicted molar refractivity (Wildman–Crippen MR) is 133 cm³/mol. The van der Waals surface area contributed by atoms with Gasteiger partial charge in [0, 0.05) is 19.7 Å². The number of hydrogen-bond donors (Lipinski definition) is 2. The number of carbonyl (C=O) groups excluding carboxylic acids is 1. The highest BCUT2D eigenvalue weighted by molar-refractivity contribution is 7.16. The van der Waals surface area contributed by atoms with E-state index in [-0.39, 0.29) is 11.5 Å². The average Bonchev–Trinajstić information content (AvgIpc) is 3.32. The van der Waals surface area contributed by atoms with E-state index in [1.54, 1.807) is 12.3 Å². The van der Waals surface area contributed by atoms with E-state index in [2.05, 4.69) is 30.4 Å². The van der Waals surface area contributed by atoms with Gasteiger partial charge in [-0.05, 0) is 57.3 Å². The molecule has 0 spiro atoms. The van der Waals surface area contributed by atoms with Crippen LogP contribution >= 0.6 is 22.7 Å². The highest BCUT2D eigenvalue weighted by atomic mass is 32.1. The zero-order valence-corrected chi connectivity index (χ0v) is 20.5. The van der Waals surface area contributed by atoms with E-state index in [4.69, 9.17) is 4.74 Å². The Morgan fingerprint density at radius 1 is 1.33 bits per heavy atom. The van der Waals surface area contributed by atoms with Crippen LogP contribution in [0.25, 0.3) is 12.3 Å². The third-order valence-electron chi connectivity index (χ3n) is 4.29. The van der Waals surface area contributed by atoms with Crippen LogP contribution in [0.15, 0.2) is 39.4 Å². The van der Waals surface area contributed by atoms with Crippen LogP contribution in [0.1, 0.15) is 23.8 Å². The summed E-state index contributed by atoms with van der Waals surface area (Å²) in [7, 11) is 4.08. The molecule has 1 aromatic carbocycles. The van der Waals surface area contributed by atoms with E-state index in [0.717, 1.165) is 34.8 Å². The molecule has 0 saturated heterocycles. The molecule has 0 radical (unpaired) electrons. The number of nitrogens with one attached hydrogen (secondary N) is 2. The van der Waals surface area contributed by atoms with Gasteiger partial charge in [-0.2, -0.15) is 10.2 Å². The van der Waals surface area contributed by atoms with Crippen molar-refractivity contribution in [1.29, 1.82) is 0 Å². The molecule has 9 nitrogen and oxygen atoms in total. The van der Waals surface area contributed by atoms with Gasteiger partial charge in [0.2, 0.25) is 5.91 Å². The summed E-state index contributed by atoms with van der Waals surface area (Å²) in [6.07, 6.45) is 5.81. The minimum Gasteiger partial charge on any atom is -0.494 e. The lowest BCUT2D eigenvalue weighted by molar-refractivity contribution is -0.114. The van der Waals surface area contributed by atoms with Crippen molar-refractivity contribution in [1.82, 2.24) is 14.9 Å². The van der Waals surface area contributed by atoms with E-state index in [9.17, 15) is 9.59 Å². The van der Waals surface area contributed by atoms with Gasteiger partial charge in [0.05, 0.1) is 27.9 Å². The summed E-state index contributed by atoms with van der Waals surface area (Å²) in [4.78, 5) is 33.1. The SMILES string of the molecule is CC(=O)Nc1ncc(/C=c2\s/c(=C\N=Nc3ccc(OCCCN(C)C)cc3C)[nH]c2=O)s1. The lowest BCUT2D eigenvalue weighted by Crippen LogP contribution is -2.19. The molecule has 0 atom stereocenters. The molecule has 0 aliphatic rings. The first-order chi connectivity index (χ1) is 15.8. The molecule has 0 aliphatic carbocycles. The number of azo groups is 1. The molecule has 1 amide bonds. The molecule has 0 aliphatic heterocycles. The zero-order valence-electron chi connectivity index (χ0n) is 18.9. The van der Waals surface area contributed by atoms with Gasteiger partial charge >= 0.3 is 0 Å². The van der Waals surface area contributed by atoms with Crippen LogP contribution in [-0.4, -0.2) is 48.0 Å². The maximum absolute atomic E-state index is 12.2. The highest BCUT2D eigenvalue weighted by Crippen LogP contribution is 2.24. The molecule has 33 heavy (non-hydrogen) atoms. The topological polar surface area (TPSA) is 112 Å². The number of thiazole rings is 2. The van der Waals surface area contributed by atoms with Crippen LogP contribution < -0.4 is 24.8 Å². The van der Waals surface area contributed by atoms with Gasteiger partial charge < -0.3 is 19.9 Å². The summed E-state index contributed by atoms with van der Waals surface area (Å²) in [5, 5.41) is 11.5. The number of aryl methyl sites for hydroxylation is 1. The predicted octanol–water partition coefficient (Wildman–Crippen LogP) is 2.84. The molecule has 2 heterocycles. The fourth-order valence-corrected chi connectivity index (χ4v) is 4.44. The van der Waals surface area contributed by atoms with Crippen molar-refractivity contribution in [3.05, 3.63) is 54.4 Å². The summed E-state index contributed by atoms with van der Waals surface area (Å²) in [5.41, 5.74) is 1.46. The molecular weight excluding hydrogens is 460 g/mol. The van der Waals surface area contributed by atoms with Gasteiger partial charge in [-0.15, -0.1) is 11.3 Å². The van der Waals surface area contributed by atoms with Crippen molar-refractivity contribution in [2.24, 2.45) is 10.2 Å². The van der Waals surface area contributed by atoms with Crippen molar-refractivity contribution >= 4 is 51.7 Å². The van der Waals surface area contributed by atoms with E-state index < -0.39 is 0 Å². The molecule has 2 aromatic heterocycles. The molecule has 3 aromatic rings. The highest BCUT2D eigenvalue weighted by Gasteiger charge is 2.03. The number of amides is 1. The Bertz CT molecular complexity index is 1310. The number of H-pyrrole nitrogens is 1. The number of ether oxygens (including phenoxy) is 1. The second-order valence-electron chi connectivity index (χ2n) is 7.48. The van der Waals surface area contributed by atoms with Crippen molar-refractivity contribution in [3.63, 3.8) is 0 Å². The molecule has 0 saturated carbocycles. The number of rotatable bonds is 9. The third-order valence-corrected chi connectivity index (χ3v) is 6.10. The first-order valence-corrected chi connectivity index (χ1v) is 11.9. The number of nitrogens with zero attached hydrogens (tertiary/aromatic N) is 4. The normalized spacial score (nSPS) is 12.8. The lowest BCUT2D eigenvalue weighted by atomic mass is 10.2. The number of aromatic amines is 1. The van der Waals surface area contributed by atoms with Crippen LogP contribution in [0.5, 0.6) is 5.75 Å². The maximum atomic E-state index is 12.2. The molecule has 0 unspecified atom stereocenters. The minimum absolute atomic E-state index is 0.190. The number of aromatic nitrogens is 2. The van der Waals surface area contributed by atoms with Gasteiger partial charge in [-0.1, -0.05) is 11.3 Å². The fraction of sp³-hybridized carbons (Fsp3) is 0.318.